The third-order valence-electron chi connectivity index (χ3n) is 3.08. The number of halogens is 2. The Labute approximate surface area is 119 Å². The molecule has 2 heterocycles. The number of hydrogen-bond acceptors (Lipinski definition) is 4. The first kappa shape index (κ1) is 13.5. The van der Waals surface area contributed by atoms with Crippen LogP contribution in [0.1, 0.15) is 24.4 Å². The molecule has 1 saturated heterocycles. The van der Waals surface area contributed by atoms with Gasteiger partial charge in [-0.2, -0.15) is 0 Å². The minimum Gasteiger partial charge on any atom is -0.381 e. The average Bonchev–Trinajstić information content (AvgIpc) is 2.36. The van der Waals surface area contributed by atoms with Crippen LogP contribution in [0.5, 0.6) is 0 Å². The van der Waals surface area contributed by atoms with Crippen LogP contribution in [0.15, 0.2) is 0 Å². The van der Waals surface area contributed by atoms with Crippen molar-refractivity contribution in [1.82, 2.24) is 9.97 Å². The Bertz CT molecular complexity index is 399. The second kappa shape index (κ2) is 5.34. The highest BCUT2D eigenvalue weighted by molar-refractivity contribution is 14.1. The molecule has 2 rings (SSSR count). The summed E-state index contributed by atoms with van der Waals surface area (Å²) in [4.78, 5) is 8.88. The molecule has 6 heteroatoms. The molecule has 0 atom stereocenters. The maximum absolute atomic E-state index is 6.11. The summed E-state index contributed by atoms with van der Waals surface area (Å²) in [5, 5.41) is 0.496. The largest absolute Gasteiger partial charge is 0.381 e. The second-order valence-electron chi connectivity index (χ2n) is 4.05. The van der Waals surface area contributed by atoms with Crippen molar-refractivity contribution in [3.8, 4) is 0 Å². The topological polar surface area (TPSA) is 44.2 Å². The van der Waals surface area contributed by atoms with Gasteiger partial charge in [0.2, 0.25) is 0 Å². The van der Waals surface area contributed by atoms with Gasteiger partial charge in [-0.05, 0) is 29.5 Å². The molecule has 0 aliphatic carbocycles. The average molecular weight is 369 g/mol. The SMILES string of the molecule is COC1(c2nc(C)c(I)c(Cl)n2)CCOCC1. The van der Waals surface area contributed by atoms with Crippen LogP contribution >= 0.6 is 34.2 Å². The second-order valence-corrected chi connectivity index (χ2v) is 5.48. The molecular weight excluding hydrogens is 354 g/mol. The lowest BCUT2D eigenvalue weighted by Crippen LogP contribution is -2.37. The monoisotopic (exact) mass is 368 g/mol. The molecule has 1 aliphatic rings. The van der Waals surface area contributed by atoms with Crippen LogP contribution in [0.25, 0.3) is 0 Å². The van der Waals surface area contributed by atoms with Crippen LogP contribution in [-0.2, 0) is 15.1 Å². The molecule has 0 amide bonds. The lowest BCUT2D eigenvalue weighted by molar-refractivity contribution is -0.100. The van der Waals surface area contributed by atoms with E-state index in [0.717, 1.165) is 22.1 Å². The molecule has 4 nitrogen and oxygen atoms in total. The summed E-state index contributed by atoms with van der Waals surface area (Å²) >= 11 is 8.26. The van der Waals surface area contributed by atoms with Gasteiger partial charge < -0.3 is 9.47 Å². The highest BCUT2D eigenvalue weighted by Crippen LogP contribution is 2.34. The van der Waals surface area contributed by atoms with Crippen molar-refractivity contribution in [2.24, 2.45) is 0 Å². The number of rotatable bonds is 2. The third-order valence-corrected chi connectivity index (χ3v) is 4.96. The fourth-order valence-electron chi connectivity index (χ4n) is 1.95. The summed E-state index contributed by atoms with van der Waals surface area (Å²) < 4.78 is 11.9. The van der Waals surface area contributed by atoms with Crippen molar-refractivity contribution in [3.05, 3.63) is 20.2 Å². The van der Waals surface area contributed by atoms with Crippen molar-refractivity contribution < 1.29 is 9.47 Å². The summed E-state index contributed by atoms with van der Waals surface area (Å²) in [5.74, 6) is 0.672. The maximum Gasteiger partial charge on any atom is 0.162 e. The molecule has 1 fully saturated rings. The van der Waals surface area contributed by atoms with Crippen LogP contribution in [0, 0.1) is 10.5 Å². The molecule has 17 heavy (non-hydrogen) atoms. The Hall–Kier alpha value is 0.0200. The van der Waals surface area contributed by atoms with Gasteiger partial charge in [0.25, 0.3) is 0 Å². The standard InChI is InChI=1S/C11H14ClIN2O2/c1-7-8(13)9(12)15-10(14-7)11(16-2)3-5-17-6-4-11/h3-6H2,1-2H3. The fraction of sp³-hybridized carbons (Fsp3) is 0.636. The molecule has 0 radical (unpaired) electrons. The molecule has 0 N–H and O–H groups in total. The van der Waals surface area contributed by atoms with Crippen LogP contribution in [0.4, 0.5) is 0 Å². The number of aromatic nitrogens is 2. The number of hydrogen-bond donors (Lipinski definition) is 0. The van der Waals surface area contributed by atoms with Crippen molar-refractivity contribution in [2.45, 2.75) is 25.4 Å². The highest BCUT2D eigenvalue weighted by Gasteiger charge is 2.38. The van der Waals surface area contributed by atoms with Gasteiger partial charge in [0, 0.05) is 33.2 Å². The minimum atomic E-state index is -0.447. The van der Waals surface area contributed by atoms with Crippen LogP contribution in [-0.4, -0.2) is 30.3 Å². The summed E-state index contributed by atoms with van der Waals surface area (Å²) in [7, 11) is 1.69. The van der Waals surface area contributed by atoms with Gasteiger partial charge in [-0.3, -0.25) is 0 Å². The van der Waals surface area contributed by atoms with E-state index in [0.29, 0.717) is 24.2 Å². The van der Waals surface area contributed by atoms with Gasteiger partial charge in [0.15, 0.2) is 5.82 Å². The number of ether oxygens (including phenoxy) is 2. The van der Waals surface area contributed by atoms with Gasteiger partial charge in [0.1, 0.15) is 10.8 Å². The number of nitrogens with zero attached hydrogens (tertiary/aromatic N) is 2. The first-order valence-electron chi connectivity index (χ1n) is 5.42. The van der Waals surface area contributed by atoms with Gasteiger partial charge in [-0.15, -0.1) is 0 Å². The Morgan fingerprint density at radius 2 is 2.00 bits per heavy atom. The van der Waals surface area contributed by atoms with E-state index in [4.69, 9.17) is 21.1 Å². The summed E-state index contributed by atoms with van der Waals surface area (Å²) in [5.41, 5.74) is 0.445. The van der Waals surface area contributed by atoms with Crippen LogP contribution in [0.2, 0.25) is 5.15 Å². The van der Waals surface area contributed by atoms with Gasteiger partial charge in [-0.1, -0.05) is 11.6 Å². The Morgan fingerprint density at radius 3 is 2.53 bits per heavy atom. The van der Waals surface area contributed by atoms with Crippen molar-refractivity contribution >= 4 is 34.2 Å². The Kier molecular flexibility index (Phi) is 4.22. The van der Waals surface area contributed by atoms with Gasteiger partial charge >= 0.3 is 0 Å². The van der Waals surface area contributed by atoms with E-state index in [2.05, 4.69) is 32.6 Å². The molecule has 1 aromatic rings. The zero-order valence-corrected chi connectivity index (χ0v) is 12.7. The van der Waals surface area contributed by atoms with E-state index in [9.17, 15) is 0 Å². The molecule has 0 saturated carbocycles. The maximum atomic E-state index is 6.11. The first-order chi connectivity index (χ1) is 8.09. The number of methoxy groups -OCH3 is 1. The zero-order valence-electron chi connectivity index (χ0n) is 9.80. The van der Waals surface area contributed by atoms with Gasteiger partial charge in [0.05, 0.1) is 9.26 Å². The summed E-state index contributed by atoms with van der Waals surface area (Å²) in [6.45, 7) is 3.27. The third kappa shape index (κ3) is 2.57. The first-order valence-corrected chi connectivity index (χ1v) is 6.88. The van der Waals surface area contributed by atoms with E-state index in [1.165, 1.54) is 0 Å². The molecule has 0 bridgehead atoms. The molecule has 94 valence electrons. The van der Waals surface area contributed by atoms with Gasteiger partial charge in [-0.25, -0.2) is 9.97 Å². The van der Waals surface area contributed by atoms with E-state index < -0.39 is 5.60 Å². The Morgan fingerprint density at radius 1 is 1.35 bits per heavy atom. The van der Waals surface area contributed by atoms with Crippen molar-refractivity contribution in [3.63, 3.8) is 0 Å². The molecule has 1 aliphatic heterocycles. The van der Waals surface area contributed by atoms with E-state index in [1.807, 2.05) is 6.92 Å². The Balaban J connectivity index is 2.43. The predicted octanol–water partition coefficient (Wildman–Crippen LogP) is 2.70. The highest BCUT2D eigenvalue weighted by atomic mass is 127. The lowest BCUT2D eigenvalue weighted by Gasteiger charge is -2.34. The summed E-state index contributed by atoms with van der Waals surface area (Å²) in [6.07, 6.45) is 1.53. The quantitative estimate of drug-likeness (QED) is 0.595. The van der Waals surface area contributed by atoms with Crippen LogP contribution in [0.3, 0.4) is 0 Å². The molecule has 0 unspecified atom stereocenters. The molecule has 0 spiro atoms. The normalized spacial score (nSPS) is 19.3. The smallest absolute Gasteiger partial charge is 0.162 e. The zero-order chi connectivity index (χ0) is 12.5. The minimum absolute atomic E-state index is 0.447. The van der Waals surface area contributed by atoms with E-state index in [-0.39, 0.29) is 0 Å². The molecular formula is C11H14ClIN2O2. The summed E-state index contributed by atoms with van der Waals surface area (Å²) in [6, 6.07) is 0. The van der Waals surface area contributed by atoms with Crippen molar-refractivity contribution in [2.75, 3.05) is 20.3 Å². The predicted molar refractivity (Wildman–Crippen MR) is 73.2 cm³/mol. The van der Waals surface area contributed by atoms with E-state index in [1.54, 1.807) is 7.11 Å². The van der Waals surface area contributed by atoms with Crippen molar-refractivity contribution in [1.29, 1.82) is 0 Å². The fourth-order valence-corrected chi connectivity index (χ4v) is 2.41. The number of aryl methyl sites for hydroxylation is 1. The lowest BCUT2D eigenvalue weighted by atomic mass is 9.93. The molecule has 1 aromatic heterocycles. The van der Waals surface area contributed by atoms with Crippen LogP contribution < -0.4 is 0 Å². The van der Waals surface area contributed by atoms with E-state index >= 15 is 0 Å². The molecule has 0 aromatic carbocycles.